The Morgan fingerprint density at radius 3 is 2.83 bits per heavy atom. The van der Waals surface area contributed by atoms with E-state index in [2.05, 4.69) is 25.8 Å². The van der Waals surface area contributed by atoms with Gasteiger partial charge in [-0.15, -0.1) is 0 Å². The molecule has 5 N–H and O–H groups in total. The van der Waals surface area contributed by atoms with Crippen LogP contribution in [0, 0.1) is 0 Å². The van der Waals surface area contributed by atoms with Crippen molar-refractivity contribution in [3.8, 4) is 0 Å². The number of nitrogens with zero attached hydrogens (tertiary/aromatic N) is 2. The number of aliphatic hydroxyl groups excluding tert-OH is 1. The predicted molar refractivity (Wildman–Crippen MR) is 59.7 cm³/mol. The van der Waals surface area contributed by atoms with E-state index in [0.717, 1.165) is 5.82 Å². The maximum absolute atomic E-state index is 11.2. The number of rotatable bonds is 7. The third kappa shape index (κ3) is 5.25. The smallest absolute Gasteiger partial charge is 0.334 e. The van der Waals surface area contributed by atoms with E-state index < -0.39 is 18.1 Å². The number of carboxylic acid groups (broad SMARTS) is 1. The van der Waals surface area contributed by atoms with Crippen LogP contribution in [0.1, 0.15) is 12.2 Å². The van der Waals surface area contributed by atoms with Crippen LogP contribution in [0.25, 0.3) is 0 Å². The Morgan fingerprint density at radius 1 is 1.44 bits per heavy atom. The Bertz CT molecular complexity index is 380. The van der Waals surface area contributed by atoms with Gasteiger partial charge >= 0.3 is 12.0 Å². The van der Waals surface area contributed by atoms with Crippen molar-refractivity contribution in [2.45, 2.75) is 18.9 Å². The number of aromatic amines is 1. The lowest BCUT2D eigenvalue weighted by Gasteiger charge is -2.08. The minimum atomic E-state index is -1.59. The molecule has 18 heavy (non-hydrogen) atoms. The second kappa shape index (κ2) is 7.22. The molecular formula is C9H15N5O4. The van der Waals surface area contributed by atoms with Gasteiger partial charge in [0.2, 0.25) is 0 Å². The topological polar surface area (TPSA) is 140 Å². The first kappa shape index (κ1) is 13.9. The van der Waals surface area contributed by atoms with Gasteiger partial charge in [-0.2, -0.15) is 5.10 Å². The van der Waals surface area contributed by atoms with Crippen LogP contribution in [0.5, 0.6) is 0 Å². The fourth-order valence-electron chi connectivity index (χ4n) is 1.15. The normalized spacial score (nSPS) is 11.8. The van der Waals surface area contributed by atoms with E-state index in [4.69, 9.17) is 10.2 Å². The number of carbonyl (C=O) groups is 2. The Balaban J connectivity index is 2.05. The zero-order valence-electron chi connectivity index (χ0n) is 9.59. The largest absolute Gasteiger partial charge is 0.479 e. The molecule has 1 atom stereocenters. The van der Waals surface area contributed by atoms with Gasteiger partial charge in [0.1, 0.15) is 12.2 Å². The van der Waals surface area contributed by atoms with Gasteiger partial charge in [0.05, 0.1) is 6.54 Å². The quantitative estimate of drug-likeness (QED) is 0.376. The molecule has 0 aliphatic rings. The van der Waals surface area contributed by atoms with Crippen LogP contribution in [0.2, 0.25) is 0 Å². The summed E-state index contributed by atoms with van der Waals surface area (Å²) in [5.41, 5.74) is 0. The second-order valence-electron chi connectivity index (χ2n) is 3.53. The summed E-state index contributed by atoms with van der Waals surface area (Å²) >= 11 is 0. The summed E-state index contributed by atoms with van der Waals surface area (Å²) < 4.78 is 0. The van der Waals surface area contributed by atoms with E-state index >= 15 is 0 Å². The Morgan fingerprint density at radius 2 is 2.22 bits per heavy atom. The van der Waals surface area contributed by atoms with Crippen molar-refractivity contribution in [3.05, 3.63) is 12.2 Å². The van der Waals surface area contributed by atoms with Crippen LogP contribution in [0.15, 0.2) is 6.33 Å². The zero-order chi connectivity index (χ0) is 13.4. The lowest BCUT2D eigenvalue weighted by Crippen LogP contribution is -2.42. The van der Waals surface area contributed by atoms with Crippen molar-refractivity contribution in [1.82, 2.24) is 25.8 Å². The molecule has 1 rings (SSSR count). The first-order chi connectivity index (χ1) is 8.59. The first-order valence-corrected chi connectivity index (χ1v) is 5.36. The minimum Gasteiger partial charge on any atom is -0.479 e. The minimum absolute atomic E-state index is 0.330. The lowest BCUT2D eigenvalue weighted by molar-refractivity contribution is -0.146. The molecule has 0 saturated carbocycles. The van der Waals surface area contributed by atoms with Crippen molar-refractivity contribution < 1.29 is 19.8 Å². The molecule has 100 valence electrons. The molecule has 1 aromatic rings. The van der Waals surface area contributed by atoms with Gasteiger partial charge in [-0.1, -0.05) is 0 Å². The molecule has 0 saturated heterocycles. The highest BCUT2D eigenvalue weighted by molar-refractivity contribution is 5.76. The standard InChI is InChI=1S/C9H15N5O4/c15-6(8(16)17)4-11-9(18)10-3-1-2-7-12-5-13-14-7/h5-6,15H,1-4H2,(H,16,17)(H2,10,11,18)(H,12,13,14)/t6-/m0/s1. The van der Waals surface area contributed by atoms with Crippen molar-refractivity contribution in [1.29, 1.82) is 0 Å². The van der Waals surface area contributed by atoms with Crippen LogP contribution < -0.4 is 10.6 Å². The summed E-state index contributed by atoms with van der Waals surface area (Å²) in [5, 5.41) is 28.4. The van der Waals surface area contributed by atoms with Gasteiger partial charge < -0.3 is 20.8 Å². The second-order valence-corrected chi connectivity index (χ2v) is 3.53. The lowest BCUT2D eigenvalue weighted by atomic mass is 10.3. The molecule has 0 aliphatic heterocycles. The van der Waals surface area contributed by atoms with Crippen LogP contribution in [0.3, 0.4) is 0 Å². The number of hydrogen-bond donors (Lipinski definition) is 5. The summed E-state index contributed by atoms with van der Waals surface area (Å²) in [4.78, 5) is 25.4. The van der Waals surface area contributed by atoms with Gasteiger partial charge in [-0.3, -0.25) is 5.10 Å². The van der Waals surface area contributed by atoms with E-state index in [1.54, 1.807) is 0 Å². The molecule has 9 nitrogen and oxygen atoms in total. The van der Waals surface area contributed by atoms with Crippen molar-refractivity contribution >= 4 is 12.0 Å². The molecule has 2 amide bonds. The molecule has 1 heterocycles. The Labute approximate surface area is 103 Å². The number of amides is 2. The summed E-state index contributed by atoms with van der Waals surface area (Å²) in [6.45, 7) is 0.0823. The number of urea groups is 1. The van der Waals surface area contributed by atoms with Gasteiger partial charge in [-0.05, 0) is 6.42 Å². The maximum atomic E-state index is 11.2. The van der Waals surface area contributed by atoms with Crippen molar-refractivity contribution in [3.63, 3.8) is 0 Å². The fraction of sp³-hybridized carbons (Fsp3) is 0.556. The van der Waals surface area contributed by atoms with Crippen molar-refractivity contribution in [2.24, 2.45) is 0 Å². The highest BCUT2D eigenvalue weighted by Gasteiger charge is 2.13. The zero-order valence-corrected chi connectivity index (χ0v) is 9.59. The highest BCUT2D eigenvalue weighted by atomic mass is 16.4. The summed E-state index contributed by atoms with van der Waals surface area (Å²) in [6.07, 6.45) is 1.13. The molecule has 9 heteroatoms. The number of hydrogen-bond acceptors (Lipinski definition) is 5. The molecule has 0 radical (unpaired) electrons. The van der Waals surface area contributed by atoms with Gasteiger partial charge in [0, 0.05) is 13.0 Å². The van der Waals surface area contributed by atoms with Crippen LogP contribution in [-0.2, 0) is 11.2 Å². The molecule has 0 aliphatic carbocycles. The fourth-order valence-corrected chi connectivity index (χ4v) is 1.15. The van der Waals surface area contributed by atoms with Crippen molar-refractivity contribution in [2.75, 3.05) is 13.1 Å². The van der Waals surface area contributed by atoms with E-state index in [0.29, 0.717) is 19.4 Å². The number of aliphatic hydroxyl groups is 1. The third-order valence-electron chi connectivity index (χ3n) is 2.08. The SMILES string of the molecule is O=C(NCCCc1ncn[nH]1)NC[C@H](O)C(=O)O. The summed E-state index contributed by atoms with van der Waals surface area (Å²) in [5.74, 6) is -0.640. The van der Waals surface area contributed by atoms with Gasteiger partial charge in [-0.25, -0.2) is 14.6 Å². The number of carboxylic acids is 1. The summed E-state index contributed by atoms with van der Waals surface area (Å²) in [6, 6.07) is -0.520. The average molecular weight is 257 g/mol. The number of carbonyl (C=O) groups excluding carboxylic acids is 1. The highest BCUT2D eigenvalue weighted by Crippen LogP contribution is 1.91. The maximum Gasteiger partial charge on any atom is 0.334 e. The number of aromatic nitrogens is 3. The van der Waals surface area contributed by atoms with Crippen LogP contribution in [0.4, 0.5) is 4.79 Å². The number of H-pyrrole nitrogens is 1. The van der Waals surface area contributed by atoms with E-state index in [1.165, 1.54) is 6.33 Å². The predicted octanol–water partition coefficient (Wildman–Crippen LogP) is -1.52. The van der Waals surface area contributed by atoms with Crippen LogP contribution in [-0.4, -0.2) is 56.6 Å². The number of aryl methyl sites for hydroxylation is 1. The van der Waals surface area contributed by atoms with Gasteiger partial charge in [0.15, 0.2) is 6.10 Å². The molecule has 0 aromatic carbocycles. The van der Waals surface area contributed by atoms with E-state index in [1.807, 2.05) is 0 Å². The van der Waals surface area contributed by atoms with Gasteiger partial charge in [0.25, 0.3) is 0 Å². The summed E-state index contributed by atoms with van der Waals surface area (Å²) in [7, 11) is 0. The Kier molecular flexibility index (Phi) is 5.58. The average Bonchev–Trinajstić information content (AvgIpc) is 2.84. The van der Waals surface area contributed by atoms with E-state index in [-0.39, 0.29) is 6.54 Å². The molecule has 0 fully saturated rings. The first-order valence-electron chi connectivity index (χ1n) is 5.36. The molecular weight excluding hydrogens is 242 g/mol. The molecule has 0 unspecified atom stereocenters. The van der Waals surface area contributed by atoms with Crippen LogP contribution >= 0.6 is 0 Å². The Hall–Kier alpha value is -2.16. The molecule has 1 aromatic heterocycles. The third-order valence-corrected chi connectivity index (χ3v) is 2.08. The number of nitrogens with one attached hydrogen (secondary N) is 3. The van der Waals surface area contributed by atoms with E-state index in [9.17, 15) is 9.59 Å². The number of aliphatic carboxylic acids is 1. The molecule has 0 bridgehead atoms. The monoisotopic (exact) mass is 257 g/mol. The molecule has 0 spiro atoms.